The number of hydrazone groups is 1. The van der Waals surface area contributed by atoms with Gasteiger partial charge in [-0.3, -0.25) is 0 Å². The van der Waals surface area contributed by atoms with Crippen molar-refractivity contribution in [2.24, 2.45) is 5.10 Å². The van der Waals surface area contributed by atoms with E-state index in [1.807, 2.05) is 54.7 Å². The molecule has 0 bridgehead atoms. The zero-order chi connectivity index (χ0) is 22.6. The highest BCUT2D eigenvalue weighted by atomic mass is 16.5. The van der Waals surface area contributed by atoms with E-state index in [-0.39, 0.29) is 0 Å². The Hall–Kier alpha value is -3.48. The summed E-state index contributed by atoms with van der Waals surface area (Å²) in [6, 6.07) is 15.8. The Morgan fingerprint density at radius 1 is 1.00 bits per heavy atom. The first-order valence-corrected chi connectivity index (χ1v) is 11.0. The monoisotopic (exact) mass is 437 g/mol. The number of carbonyl (C=O) groups excluding carboxylic acids is 1. The maximum atomic E-state index is 11.2. The third kappa shape index (κ3) is 6.77. The third-order valence-electron chi connectivity index (χ3n) is 5.06. The second-order valence-electron chi connectivity index (χ2n) is 7.39. The van der Waals surface area contributed by atoms with Gasteiger partial charge in [0.1, 0.15) is 18.1 Å². The van der Waals surface area contributed by atoms with E-state index >= 15 is 0 Å². The van der Waals surface area contributed by atoms with Crippen LogP contribution < -0.4 is 14.9 Å². The first-order valence-electron chi connectivity index (χ1n) is 11.0. The minimum absolute atomic E-state index is 0.521. The van der Waals surface area contributed by atoms with E-state index in [0.29, 0.717) is 13.2 Å². The number of ether oxygens (including phenoxy) is 3. The van der Waals surface area contributed by atoms with Gasteiger partial charge in [-0.2, -0.15) is 5.10 Å². The van der Waals surface area contributed by atoms with Gasteiger partial charge in [0.05, 0.1) is 26.5 Å². The molecular formula is C25H31N3O4. The van der Waals surface area contributed by atoms with Gasteiger partial charge in [0.2, 0.25) is 0 Å². The van der Waals surface area contributed by atoms with E-state index in [2.05, 4.69) is 26.8 Å². The zero-order valence-electron chi connectivity index (χ0n) is 18.8. The Morgan fingerprint density at radius 2 is 1.72 bits per heavy atom. The molecule has 7 nitrogen and oxygen atoms in total. The minimum Gasteiger partial charge on any atom is -0.494 e. The van der Waals surface area contributed by atoms with Gasteiger partial charge in [0.15, 0.2) is 0 Å². The molecular weight excluding hydrogens is 406 g/mol. The first kappa shape index (κ1) is 23.2. The smallest absolute Gasteiger partial charge is 0.427 e. The molecule has 1 N–H and O–H groups in total. The fraction of sp³-hybridized carbons (Fsp3) is 0.360. The van der Waals surface area contributed by atoms with Crippen LogP contribution in [0.5, 0.6) is 11.5 Å². The molecule has 0 aliphatic rings. The molecule has 0 fully saturated rings. The standard InChI is InChI=1S/C25H31N3O4/c1-3-4-5-8-16-31-21-11-13-22(14-12-21)32-17-15-28-19-20(18-26-27-25(29)30-2)23-9-6-7-10-24(23)28/h6-7,9-14,18-19H,3-5,8,15-17H2,1-2H3,(H,27,29). The molecule has 1 amide bonds. The highest BCUT2D eigenvalue weighted by Crippen LogP contribution is 2.21. The summed E-state index contributed by atoms with van der Waals surface area (Å²) in [6.07, 6.45) is 7.77. The molecule has 32 heavy (non-hydrogen) atoms. The summed E-state index contributed by atoms with van der Waals surface area (Å²) in [5.74, 6) is 1.68. The predicted octanol–water partition coefficient (Wildman–Crippen LogP) is 5.37. The van der Waals surface area contributed by atoms with Gasteiger partial charge >= 0.3 is 6.09 Å². The zero-order valence-corrected chi connectivity index (χ0v) is 18.8. The molecule has 0 saturated carbocycles. The Labute approximate surface area is 189 Å². The second kappa shape index (κ2) is 12.4. The average Bonchev–Trinajstić information content (AvgIpc) is 3.17. The third-order valence-corrected chi connectivity index (χ3v) is 5.06. The number of amides is 1. The average molecular weight is 438 g/mol. The van der Waals surface area contributed by atoms with Gasteiger partial charge in [0, 0.05) is 22.7 Å². The van der Waals surface area contributed by atoms with Gasteiger partial charge in [0.25, 0.3) is 0 Å². The van der Waals surface area contributed by atoms with Crippen LogP contribution in [0.25, 0.3) is 10.9 Å². The summed E-state index contributed by atoms with van der Waals surface area (Å²) in [5.41, 5.74) is 4.28. The van der Waals surface area contributed by atoms with Gasteiger partial charge in [-0.25, -0.2) is 10.2 Å². The fourth-order valence-electron chi connectivity index (χ4n) is 3.38. The molecule has 0 saturated heterocycles. The quantitative estimate of drug-likeness (QED) is 0.235. The number of rotatable bonds is 12. The Morgan fingerprint density at radius 3 is 2.44 bits per heavy atom. The van der Waals surface area contributed by atoms with Crippen molar-refractivity contribution >= 4 is 23.2 Å². The fourth-order valence-corrected chi connectivity index (χ4v) is 3.38. The maximum Gasteiger partial charge on any atom is 0.427 e. The van der Waals surface area contributed by atoms with Crippen LogP contribution in [0.2, 0.25) is 0 Å². The van der Waals surface area contributed by atoms with E-state index < -0.39 is 6.09 Å². The highest BCUT2D eigenvalue weighted by Gasteiger charge is 2.07. The molecule has 2 aromatic carbocycles. The molecule has 1 heterocycles. The number of fused-ring (bicyclic) bond motifs is 1. The predicted molar refractivity (Wildman–Crippen MR) is 127 cm³/mol. The summed E-state index contributed by atoms with van der Waals surface area (Å²) in [5, 5.41) is 4.99. The molecule has 0 spiro atoms. The lowest BCUT2D eigenvalue weighted by Crippen LogP contribution is -2.16. The molecule has 3 aromatic rings. The molecule has 0 aliphatic carbocycles. The maximum absolute atomic E-state index is 11.2. The lowest BCUT2D eigenvalue weighted by Gasteiger charge is -2.10. The van der Waals surface area contributed by atoms with Crippen molar-refractivity contribution < 1.29 is 19.0 Å². The van der Waals surface area contributed by atoms with Crippen molar-refractivity contribution in [3.63, 3.8) is 0 Å². The van der Waals surface area contributed by atoms with Crippen molar-refractivity contribution in [3.05, 3.63) is 60.3 Å². The topological polar surface area (TPSA) is 74.1 Å². The van der Waals surface area contributed by atoms with Crippen molar-refractivity contribution in [1.29, 1.82) is 0 Å². The van der Waals surface area contributed by atoms with E-state index in [9.17, 15) is 4.79 Å². The Kier molecular flexibility index (Phi) is 8.98. The molecule has 1 aromatic heterocycles. The minimum atomic E-state index is -0.605. The van der Waals surface area contributed by atoms with Crippen LogP contribution >= 0.6 is 0 Å². The van der Waals surface area contributed by atoms with Crippen LogP contribution in [0.3, 0.4) is 0 Å². The number of nitrogens with zero attached hydrogens (tertiary/aromatic N) is 2. The number of benzene rings is 2. The number of unbranched alkanes of at least 4 members (excludes halogenated alkanes) is 3. The lowest BCUT2D eigenvalue weighted by molar-refractivity contribution is 0.171. The number of para-hydroxylation sites is 1. The highest BCUT2D eigenvalue weighted by molar-refractivity contribution is 5.99. The van der Waals surface area contributed by atoms with Crippen LogP contribution in [0.15, 0.2) is 59.8 Å². The van der Waals surface area contributed by atoms with E-state index in [0.717, 1.165) is 41.0 Å². The number of hydrogen-bond acceptors (Lipinski definition) is 5. The molecule has 0 radical (unpaired) electrons. The van der Waals surface area contributed by atoms with Crippen LogP contribution in [-0.2, 0) is 11.3 Å². The number of carbonyl (C=O) groups is 1. The number of hydrogen-bond donors (Lipinski definition) is 1. The van der Waals surface area contributed by atoms with E-state index in [4.69, 9.17) is 9.47 Å². The lowest BCUT2D eigenvalue weighted by atomic mass is 10.2. The van der Waals surface area contributed by atoms with Gasteiger partial charge in [-0.05, 0) is 36.8 Å². The second-order valence-corrected chi connectivity index (χ2v) is 7.39. The number of methoxy groups -OCH3 is 1. The van der Waals surface area contributed by atoms with Crippen molar-refractivity contribution in [2.45, 2.75) is 39.2 Å². The van der Waals surface area contributed by atoms with E-state index in [1.165, 1.54) is 26.4 Å². The Bertz CT molecular complexity index is 1010. The summed E-state index contributed by atoms with van der Waals surface area (Å²) >= 11 is 0. The molecule has 170 valence electrons. The summed E-state index contributed by atoms with van der Waals surface area (Å²) in [4.78, 5) is 11.2. The van der Waals surface area contributed by atoms with Crippen molar-refractivity contribution in [3.8, 4) is 11.5 Å². The first-order chi connectivity index (χ1) is 15.7. The Balaban J connectivity index is 1.53. The molecule has 0 aliphatic heterocycles. The van der Waals surface area contributed by atoms with Crippen LogP contribution in [-0.4, -0.2) is 37.2 Å². The largest absolute Gasteiger partial charge is 0.494 e. The van der Waals surface area contributed by atoms with Crippen molar-refractivity contribution in [1.82, 2.24) is 9.99 Å². The molecule has 0 unspecified atom stereocenters. The van der Waals surface area contributed by atoms with Gasteiger partial charge < -0.3 is 18.8 Å². The molecule has 7 heteroatoms. The molecule has 0 atom stereocenters. The number of aromatic nitrogens is 1. The summed E-state index contributed by atoms with van der Waals surface area (Å²) < 4.78 is 18.3. The van der Waals surface area contributed by atoms with Crippen LogP contribution in [0, 0.1) is 0 Å². The van der Waals surface area contributed by atoms with Crippen LogP contribution in [0.1, 0.15) is 38.2 Å². The van der Waals surface area contributed by atoms with Gasteiger partial charge in [-0.1, -0.05) is 44.4 Å². The molecule has 3 rings (SSSR count). The summed E-state index contributed by atoms with van der Waals surface area (Å²) in [7, 11) is 1.30. The summed E-state index contributed by atoms with van der Waals surface area (Å²) in [6.45, 7) is 4.15. The SMILES string of the molecule is CCCCCCOc1ccc(OCCn2cc(C=NNC(=O)OC)c3ccccc32)cc1. The van der Waals surface area contributed by atoms with E-state index in [1.54, 1.807) is 6.21 Å². The normalized spacial score (nSPS) is 11.1. The number of nitrogens with one attached hydrogen (secondary N) is 1. The van der Waals surface area contributed by atoms with Crippen molar-refractivity contribution in [2.75, 3.05) is 20.3 Å². The van der Waals surface area contributed by atoms with Gasteiger partial charge in [-0.15, -0.1) is 0 Å². The van der Waals surface area contributed by atoms with Crippen LogP contribution in [0.4, 0.5) is 4.79 Å².